The van der Waals surface area contributed by atoms with Crippen molar-refractivity contribution >= 4 is 22.0 Å². The van der Waals surface area contributed by atoms with Gasteiger partial charge in [-0.25, -0.2) is 9.18 Å². The molecule has 2 rings (SSSR count). The van der Waals surface area contributed by atoms with E-state index >= 15 is 0 Å². The van der Waals surface area contributed by atoms with Crippen molar-refractivity contribution < 1.29 is 27.1 Å². The van der Waals surface area contributed by atoms with Crippen LogP contribution in [0.4, 0.5) is 22.4 Å². The van der Waals surface area contributed by atoms with Crippen molar-refractivity contribution in [2.24, 2.45) is 0 Å². The summed E-state index contributed by atoms with van der Waals surface area (Å²) >= 11 is 2.89. The lowest BCUT2D eigenvalue weighted by Gasteiger charge is -2.37. The Bertz CT molecular complexity index is 632. The van der Waals surface area contributed by atoms with Crippen molar-refractivity contribution in [3.05, 3.63) is 16.4 Å². The fourth-order valence-corrected chi connectivity index (χ4v) is 2.99. The Balaban J connectivity index is 2.03. The molecule has 0 aliphatic carbocycles. The highest BCUT2D eigenvalue weighted by molar-refractivity contribution is 9.10. The van der Waals surface area contributed by atoms with Crippen LogP contribution in [0.25, 0.3) is 0 Å². The molecule has 0 atom stereocenters. The summed E-state index contributed by atoms with van der Waals surface area (Å²) in [6.45, 7) is 4.81. The number of carbonyl (C=O) groups excluding carboxylic acids is 1. The van der Waals surface area contributed by atoms with Crippen LogP contribution in [0, 0.1) is 0 Å². The number of aromatic nitrogens is 2. The minimum atomic E-state index is -4.62. The van der Waals surface area contributed by atoms with Crippen molar-refractivity contribution in [2.45, 2.75) is 57.6 Å². The van der Waals surface area contributed by atoms with Crippen LogP contribution < -0.4 is 0 Å². The van der Waals surface area contributed by atoms with E-state index in [1.807, 2.05) is 0 Å². The first-order chi connectivity index (χ1) is 11.3. The molecule has 2 heterocycles. The van der Waals surface area contributed by atoms with Crippen LogP contribution >= 0.6 is 15.9 Å². The third-order valence-electron chi connectivity index (χ3n) is 3.78. The Hall–Kier alpha value is -1.32. The van der Waals surface area contributed by atoms with Crippen LogP contribution in [-0.2, 0) is 17.5 Å². The number of nitrogens with zero attached hydrogens (tertiary/aromatic N) is 3. The second kappa shape index (κ2) is 6.77. The van der Waals surface area contributed by atoms with Gasteiger partial charge in [-0.3, -0.25) is 4.68 Å². The minimum Gasteiger partial charge on any atom is -0.444 e. The van der Waals surface area contributed by atoms with Crippen LogP contribution in [-0.4, -0.2) is 45.1 Å². The first kappa shape index (κ1) is 20.0. The molecule has 1 aromatic rings. The molecule has 1 amide bonds. The zero-order valence-electron chi connectivity index (χ0n) is 14.2. The minimum absolute atomic E-state index is 0.00499. The fourth-order valence-electron chi connectivity index (χ4n) is 2.58. The molecule has 1 fully saturated rings. The third kappa shape index (κ3) is 5.32. The molecule has 10 heteroatoms. The monoisotopic (exact) mass is 429 g/mol. The number of piperidine rings is 1. The Morgan fingerprint density at radius 2 is 1.88 bits per heavy atom. The molecule has 1 saturated heterocycles. The van der Waals surface area contributed by atoms with Gasteiger partial charge in [0.15, 0.2) is 0 Å². The van der Waals surface area contributed by atoms with E-state index < -0.39 is 35.8 Å². The number of carbonyl (C=O) groups is 1. The van der Waals surface area contributed by atoms with Crippen LogP contribution in [0.5, 0.6) is 0 Å². The van der Waals surface area contributed by atoms with Gasteiger partial charge in [0.2, 0.25) is 0 Å². The van der Waals surface area contributed by atoms with Gasteiger partial charge in [-0.2, -0.15) is 18.3 Å². The molecule has 1 aromatic heterocycles. The highest BCUT2D eigenvalue weighted by atomic mass is 79.9. The number of alkyl halides is 4. The van der Waals surface area contributed by atoms with Crippen LogP contribution in [0.2, 0.25) is 0 Å². The number of hydrogen-bond donors (Lipinski definition) is 0. The molecule has 0 bridgehead atoms. The van der Waals surface area contributed by atoms with E-state index in [-0.39, 0.29) is 30.5 Å². The molecular formula is C15H20BrF4N3O2. The van der Waals surface area contributed by atoms with Crippen molar-refractivity contribution in [2.75, 3.05) is 13.1 Å². The van der Waals surface area contributed by atoms with Gasteiger partial charge >= 0.3 is 12.3 Å². The maximum absolute atomic E-state index is 15.0. The predicted molar refractivity (Wildman–Crippen MR) is 85.8 cm³/mol. The Kier molecular flexibility index (Phi) is 5.42. The van der Waals surface area contributed by atoms with E-state index in [9.17, 15) is 22.4 Å². The number of amides is 1. The highest BCUT2D eigenvalue weighted by Crippen LogP contribution is 2.35. The first-order valence-electron chi connectivity index (χ1n) is 7.76. The lowest BCUT2D eigenvalue weighted by Crippen LogP contribution is -2.48. The third-order valence-corrected chi connectivity index (χ3v) is 4.17. The number of rotatable bonds is 2. The fraction of sp³-hybridized carbons (Fsp3) is 0.733. The molecule has 0 radical (unpaired) electrons. The average molecular weight is 430 g/mol. The SMILES string of the molecule is CC(C)(C)OC(=O)N1CCC(F)(Cn2nc(Br)cc2C(F)(F)F)CC1. The molecule has 25 heavy (non-hydrogen) atoms. The summed E-state index contributed by atoms with van der Waals surface area (Å²) in [6, 6.07) is 0.819. The highest BCUT2D eigenvalue weighted by Gasteiger charge is 2.41. The summed E-state index contributed by atoms with van der Waals surface area (Å²) in [5, 5.41) is 3.69. The molecule has 0 unspecified atom stereocenters. The van der Waals surface area contributed by atoms with Crippen LogP contribution in [0.3, 0.4) is 0 Å². The number of hydrogen-bond acceptors (Lipinski definition) is 3. The topological polar surface area (TPSA) is 47.4 Å². The molecule has 5 nitrogen and oxygen atoms in total. The summed E-state index contributed by atoms with van der Waals surface area (Å²) in [5.74, 6) is 0. The van der Waals surface area contributed by atoms with Gasteiger partial charge in [-0.05, 0) is 36.7 Å². The molecule has 142 valence electrons. The van der Waals surface area contributed by atoms with Gasteiger partial charge < -0.3 is 9.64 Å². The molecule has 0 saturated carbocycles. The molecule has 0 aromatic carbocycles. The number of ether oxygens (including phenoxy) is 1. The standard InChI is InChI=1S/C15H20BrF4N3O2/c1-13(2,3)25-12(24)22-6-4-14(17,5-7-22)9-23-10(15(18,19)20)8-11(16)21-23/h8H,4-7,9H2,1-3H3. The van der Waals surface area contributed by atoms with E-state index in [1.54, 1.807) is 20.8 Å². The van der Waals surface area contributed by atoms with E-state index in [0.717, 1.165) is 6.07 Å². The van der Waals surface area contributed by atoms with E-state index in [0.29, 0.717) is 4.68 Å². The van der Waals surface area contributed by atoms with Crippen molar-refractivity contribution in [3.8, 4) is 0 Å². The molecule has 1 aliphatic heterocycles. The summed E-state index contributed by atoms with van der Waals surface area (Å²) in [6.07, 6.45) is -5.33. The van der Waals surface area contributed by atoms with Gasteiger partial charge in [0.05, 0.1) is 6.54 Å². The van der Waals surface area contributed by atoms with Crippen molar-refractivity contribution in [3.63, 3.8) is 0 Å². The molecule has 0 spiro atoms. The maximum Gasteiger partial charge on any atom is 0.433 e. The zero-order valence-corrected chi connectivity index (χ0v) is 15.7. The van der Waals surface area contributed by atoms with Crippen LogP contribution in [0.1, 0.15) is 39.3 Å². The van der Waals surface area contributed by atoms with Gasteiger partial charge in [0, 0.05) is 32.0 Å². The number of likely N-dealkylation sites (tertiary alicyclic amines) is 1. The first-order valence-corrected chi connectivity index (χ1v) is 8.56. The van der Waals surface area contributed by atoms with Crippen LogP contribution in [0.15, 0.2) is 10.7 Å². The Morgan fingerprint density at radius 3 is 2.36 bits per heavy atom. The molecule has 0 N–H and O–H groups in total. The van der Waals surface area contributed by atoms with E-state index in [4.69, 9.17) is 4.74 Å². The van der Waals surface area contributed by atoms with E-state index in [1.165, 1.54) is 4.90 Å². The Morgan fingerprint density at radius 1 is 1.32 bits per heavy atom. The summed E-state index contributed by atoms with van der Waals surface area (Å²) in [7, 11) is 0. The van der Waals surface area contributed by atoms with Gasteiger partial charge in [-0.15, -0.1) is 0 Å². The van der Waals surface area contributed by atoms with Gasteiger partial charge in [0.25, 0.3) is 0 Å². The summed E-state index contributed by atoms with van der Waals surface area (Å²) in [4.78, 5) is 13.3. The Labute approximate surface area is 151 Å². The van der Waals surface area contributed by atoms with Gasteiger partial charge in [0.1, 0.15) is 21.6 Å². The predicted octanol–water partition coefficient (Wildman–Crippen LogP) is 4.40. The second-order valence-electron chi connectivity index (χ2n) is 7.13. The van der Waals surface area contributed by atoms with E-state index in [2.05, 4.69) is 21.0 Å². The zero-order chi connectivity index (χ0) is 19.0. The lowest BCUT2D eigenvalue weighted by atomic mass is 9.93. The average Bonchev–Trinajstić information content (AvgIpc) is 2.77. The molecule has 1 aliphatic rings. The van der Waals surface area contributed by atoms with Crippen molar-refractivity contribution in [1.82, 2.24) is 14.7 Å². The second-order valence-corrected chi connectivity index (χ2v) is 7.94. The summed E-state index contributed by atoms with van der Waals surface area (Å²) < 4.78 is 59.8. The largest absolute Gasteiger partial charge is 0.444 e. The quantitative estimate of drug-likeness (QED) is 0.654. The smallest absolute Gasteiger partial charge is 0.433 e. The number of halogens is 5. The normalized spacial score (nSPS) is 18.3. The molecular weight excluding hydrogens is 410 g/mol. The lowest BCUT2D eigenvalue weighted by molar-refractivity contribution is -0.145. The van der Waals surface area contributed by atoms with Gasteiger partial charge in [-0.1, -0.05) is 0 Å². The maximum atomic E-state index is 15.0. The van der Waals surface area contributed by atoms with Crippen molar-refractivity contribution in [1.29, 1.82) is 0 Å². The summed E-state index contributed by atoms with van der Waals surface area (Å²) in [5.41, 5.74) is -3.54.